The average Bonchev–Trinajstić information content (AvgIpc) is 3.29. The number of carboxylic acid groups (broad SMARTS) is 1. The van der Waals surface area contributed by atoms with E-state index in [1.54, 1.807) is 42.7 Å². The Morgan fingerprint density at radius 3 is 2.61 bits per heavy atom. The summed E-state index contributed by atoms with van der Waals surface area (Å²) in [6.45, 7) is 1.81. The molecule has 4 rings (SSSR count). The third-order valence-electron chi connectivity index (χ3n) is 6.46. The van der Waals surface area contributed by atoms with Gasteiger partial charge in [-0.3, -0.25) is 24.5 Å². The molecule has 1 aromatic heterocycles. The number of fused-ring (bicyclic) bond motifs is 1. The van der Waals surface area contributed by atoms with Gasteiger partial charge in [-0.1, -0.05) is 24.3 Å². The van der Waals surface area contributed by atoms with Crippen LogP contribution in [-0.4, -0.2) is 61.5 Å². The minimum Gasteiger partial charge on any atom is -0.497 e. The second kappa shape index (κ2) is 11.1. The highest BCUT2D eigenvalue weighted by molar-refractivity contribution is 5.91. The first-order valence-electron chi connectivity index (χ1n) is 11.9. The van der Waals surface area contributed by atoms with E-state index >= 15 is 0 Å². The third kappa shape index (κ3) is 5.80. The predicted molar refractivity (Wildman–Crippen MR) is 134 cm³/mol. The molecule has 198 valence electrons. The van der Waals surface area contributed by atoms with E-state index in [2.05, 4.69) is 10.3 Å². The fourth-order valence-electron chi connectivity index (χ4n) is 4.35. The van der Waals surface area contributed by atoms with Gasteiger partial charge in [0.2, 0.25) is 11.8 Å². The van der Waals surface area contributed by atoms with Gasteiger partial charge in [0.1, 0.15) is 17.8 Å². The molecule has 1 aliphatic heterocycles. The van der Waals surface area contributed by atoms with Gasteiger partial charge in [0.05, 0.1) is 42.7 Å². The van der Waals surface area contributed by atoms with Crippen LogP contribution < -0.4 is 10.1 Å². The van der Waals surface area contributed by atoms with Crippen LogP contribution in [0.2, 0.25) is 0 Å². The molecule has 0 fully saturated rings. The zero-order valence-electron chi connectivity index (χ0n) is 20.9. The van der Waals surface area contributed by atoms with Crippen molar-refractivity contribution >= 4 is 23.5 Å². The number of methoxy groups -OCH3 is 1. The summed E-state index contributed by atoms with van der Waals surface area (Å²) in [6.07, 6.45) is 1.74. The van der Waals surface area contributed by atoms with Crippen LogP contribution in [-0.2, 0) is 40.3 Å². The number of rotatable bonds is 9. The first-order chi connectivity index (χ1) is 18.2. The number of nitro benzene ring substituents is 1. The number of nitro groups is 1. The van der Waals surface area contributed by atoms with Crippen LogP contribution in [0.15, 0.2) is 54.9 Å². The maximum atomic E-state index is 13.5. The quantitative estimate of drug-likeness (QED) is 0.319. The van der Waals surface area contributed by atoms with Gasteiger partial charge in [-0.15, -0.1) is 0 Å². The molecule has 0 radical (unpaired) electrons. The van der Waals surface area contributed by atoms with Gasteiger partial charge in [0, 0.05) is 25.1 Å². The smallest absolute Gasteiger partial charge is 0.325 e. The minimum absolute atomic E-state index is 0.0137. The monoisotopic (exact) mass is 521 g/mol. The van der Waals surface area contributed by atoms with Gasteiger partial charge in [-0.05, 0) is 30.2 Å². The van der Waals surface area contributed by atoms with E-state index in [0.29, 0.717) is 23.6 Å². The molecular weight excluding hydrogens is 494 g/mol. The highest BCUT2D eigenvalue weighted by Crippen LogP contribution is 2.26. The summed E-state index contributed by atoms with van der Waals surface area (Å²) in [5.41, 5.74) is 2.86. The topological polar surface area (TPSA) is 157 Å². The van der Waals surface area contributed by atoms with Crippen molar-refractivity contribution in [2.24, 2.45) is 0 Å². The van der Waals surface area contributed by atoms with Crippen LogP contribution in [0.3, 0.4) is 0 Å². The molecule has 12 nitrogen and oxygen atoms in total. The van der Waals surface area contributed by atoms with E-state index in [1.807, 2.05) is 4.57 Å². The molecule has 0 saturated carbocycles. The van der Waals surface area contributed by atoms with Crippen LogP contribution in [0.5, 0.6) is 5.75 Å². The molecule has 2 unspecified atom stereocenters. The van der Waals surface area contributed by atoms with Gasteiger partial charge in [-0.25, -0.2) is 4.98 Å². The maximum absolute atomic E-state index is 13.5. The second-order valence-corrected chi connectivity index (χ2v) is 9.03. The number of ether oxygens (including phenoxy) is 1. The Morgan fingerprint density at radius 1 is 1.21 bits per heavy atom. The SMILES string of the molecule is COc1cccc(CC(=O)N2Cc3c(ncn3Cc3ccc([N+](=O)[O-])cc3)CC2C(=O)NC(C)C(=O)O)c1. The number of hydrogen-bond acceptors (Lipinski definition) is 7. The number of aliphatic carboxylic acids is 1. The molecule has 2 atom stereocenters. The fourth-order valence-corrected chi connectivity index (χ4v) is 4.35. The Kier molecular flexibility index (Phi) is 7.70. The highest BCUT2D eigenvalue weighted by atomic mass is 16.6. The van der Waals surface area contributed by atoms with Crippen LogP contribution in [0.25, 0.3) is 0 Å². The number of imidazole rings is 1. The number of hydrogen-bond donors (Lipinski definition) is 2. The molecule has 2 heterocycles. The Labute approximate surface area is 218 Å². The van der Waals surface area contributed by atoms with E-state index in [-0.39, 0.29) is 31.0 Å². The first kappa shape index (κ1) is 26.3. The lowest BCUT2D eigenvalue weighted by Gasteiger charge is -2.35. The second-order valence-electron chi connectivity index (χ2n) is 9.03. The van der Waals surface area contributed by atoms with E-state index in [0.717, 1.165) is 11.3 Å². The number of carbonyl (C=O) groups is 3. The first-order valence-corrected chi connectivity index (χ1v) is 11.9. The number of aromatic nitrogens is 2. The van der Waals surface area contributed by atoms with Crippen molar-refractivity contribution in [2.45, 2.75) is 44.9 Å². The standard InChI is InChI=1S/C26H27N5O7/c1-16(26(34)35)28-25(33)22-12-21-23(14-30(22)24(32)11-18-4-3-5-20(10-18)38-2)29(15-27-21)13-17-6-8-19(9-7-17)31(36)37/h3-10,15-16,22H,11-14H2,1-2H3,(H,28,33)(H,34,35). The Bertz CT molecular complexity index is 1370. The molecular formula is C26H27N5O7. The summed E-state index contributed by atoms with van der Waals surface area (Å²) < 4.78 is 7.09. The van der Waals surface area contributed by atoms with Crippen molar-refractivity contribution in [2.75, 3.05) is 7.11 Å². The lowest BCUT2D eigenvalue weighted by atomic mass is 9.99. The normalized spacial score (nSPS) is 15.3. The Balaban J connectivity index is 1.61. The summed E-state index contributed by atoms with van der Waals surface area (Å²) in [5, 5.41) is 22.7. The molecule has 0 aliphatic carbocycles. The summed E-state index contributed by atoms with van der Waals surface area (Å²) in [7, 11) is 1.53. The third-order valence-corrected chi connectivity index (χ3v) is 6.46. The van der Waals surface area contributed by atoms with E-state index in [9.17, 15) is 29.6 Å². The predicted octanol–water partition coefficient (Wildman–Crippen LogP) is 1.93. The molecule has 3 aromatic rings. The number of carbonyl (C=O) groups excluding carboxylic acids is 2. The highest BCUT2D eigenvalue weighted by Gasteiger charge is 2.37. The average molecular weight is 522 g/mol. The number of benzene rings is 2. The molecule has 0 spiro atoms. The zero-order valence-corrected chi connectivity index (χ0v) is 20.9. The summed E-state index contributed by atoms with van der Waals surface area (Å²) >= 11 is 0. The molecule has 0 saturated heterocycles. The molecule has 0 bridgehead atoms. The van der Waals surface area contributed by atoms with Gasteiger partial charge < -0.3 is 24.6 Å². The van der Waals surface area contributed by atoms with Gasteiger partial charge in [-0.2, -0.15) is 0 Å². The molecule has 38 heavy (non-hydrogen) atoms. The number of carboxylic acids is 1. The van der Waals surface area contributed by atoms with Crippen LogP contribution in [0.1, 0.15) is 29.4 Å². The van der Waals surface area contributed by atoms with Crippen molar-refractivity contribution in [3.05, 3.63) is 87.5 Å². The summed E-state index contributed by atoms with van der Waals surface area (Å²) in [5.74, 6) is -1.47. The van der Waals surface area contributed by atoms with Crippen LogP contribution in [0.4, 0.5) is 5.69 Å². The number of nitrogens with one attached hydrogen (secondary N) is 1. The van der Waals surface area contributed by atoms with Crippen molar-refractivity contribution in [1.29, 1.82) is 0 Å². The van der Waals surface area contributed by atoms with E-state index in [4.69, 9.17) is 4.74 Å². The number of nitrogens with zero attached hydrogens (tertiary/aromatic N) is 4. The van der Waals surface area contributed by atoms with Crippen molar-refractivity contribution in [1.82, 2.24) is 19.8 Å². The minimum atomic E-state index is -1.18. The van der Waals surface area contributed by atoms with Crippen LogP contribution in [0, 0.1) is 10.1 Å². The number of non-ortho nitro benzene ring substituents is 1. The summed E-state index contributed by atoms with van der Waals surface area (Å²) in [4.78, 5) is 54.3. The maximum Gasteiger partial charge on any atom is 0.325 e. The molecule has 12 heteroatoms. The Morgan fingerprint density at radius 2 is 1.95 bits per heavy atom. The van der Waals surface area contributed by atoms with Gasteiger partial charge in [0.15, 0.2) is 0 Å². The van der Waals surface area contributed by atoms with E-state index in [1.165, 1.54) is 31.1 Å². The van der Waals surface area contributed by atoms with E-state index < -0.39 is 28.9 Å². The van der Waals surface area contributed by atoms with Crippen molar-refractivity contribution < 1.29 is 29.2 Å². The lowest BCUT2D eigenvalue weighted by Crippen LogP contribution is -2.55. The van der Waals surface area contributed by atoms with Gasteiger partial charge >= 0.3 is 5.97 Å². The largest absolute Gasteiger partial charge is 0.497 e. The van der Waals surface area contributed by atoms with Gasteiger partial charge in [0.25, 0.3) is 5.69 Å². The number of amides is 2. The zero-order chi connectivity index (χ0) is 27.4. The van der Waals surface area contributed by atoms with Crippen molar-refractivity contribution in [3.63, 3.8) is 0 Å². The molecule has 1 aliphatic rings. The van der Waals surface area contributed by atoms with Crippen molar-refractivity contribution in [3.8, 4) is 5.75 Å². The fraction of sp³-hybridized carbons (Fsp3) is 0.308. The molecule has 2 N–H and O–H groups in total. The summed E-state index contributed by atoms with van der Waals surface area (Å²) in [6, 6.07) is 11.2. The molecule has 2 amide bonds. The lowest BCUT2D eigenvalue weighted by molar-refractivity contribution is -0.384. The van der Waals surface area contributed by atoms with Crippen LogP contribution >= 0.6 is 0 Å². The molecule has 2 aromatic carbocycles. The Hall–Kier alpha value is -4.74.